The molecule has 2 N–H and O–H groups in total. The quantitative estimate of drug-likeness (QED) is 0.809. The van der Waals surface area contributed by atoms with Gasteiger partial charge in [-0.3, -0.25) is 25.2 Å². The number of benzene rings is 2. The molecule has 0 saturated carbocycles. The molecule has 1 heterocycles. The molecule has 2 aromatic carbocycles. The molecule has 1 aliphatic rings. The number of hydrazine groups is 1. The highest BCUT2D eigenvalue weighted by atomic mass is 19.1. The number of nitrogens with zero attached hydrogens (tertiary/aromatic N) is 1. The van der Waals surface area contributed by atoms with E-state index < -0.39 is 23.5 Å². The van der Waals surface area contributed by atoms with E-state index in [2.05, 4.69) is 10.9 Å². The molecule has 2 aromatic rings. The van der Waals surface area contributed by atoms with Crippen molar-refractivity contribution < 1.29 is 18.8 Å². The first-order chi connectivity index (χ1) is 12.9. The van der Waals surface area contributed by atoms with Crippen molar-refractivity contribution >= 4 is 17.7 Å². The maximum atomic E-state index is 12.9. The maximum Gasteiger partial charge on any atom is 0.269 e. The second-order valence-corrected chi connectivity index (χ2v) is 6.61. The number of carbonyl (C=O) groups excluding carboxylic acids is 3. The number of hydrogen-bond donors (Lipinski definition) is 2. The van der Waals surface area contributed by atoms with E-state index in [1.165, 1.54) is 12.1 Å². The maximum absolute atomic E-state index is 12.9. The molecular weight excluding hydrogens is 349 g/mol. The van der Waals surface area contributed by atoms with Crippen LogP contribution in [0.5, 0.6) is 0 Å². The van der Waals surface area contributed by atoms with Crippen LogP contribution in [0, 0.1) is 18.7 Å². The summed E-state index contributed by atoms with van der Waals surface area (Å²) in [6.07, 6.45) is 0.101. The SMILES string of the molecule is Cc1ccc(CN2C[C@H](C(=O)NNC(=O)c3ccc(F)cc3)CC2=O)cc1. The standard InChI is InChI=1S/C20H20FN3O3/c1-13-2-4-14(5-3-13)11-24-12-16(10-18(24)25)20(27)23-22-19(26)15-6-8-17(21)9-7-15/h2-9,16H,10-12H2,1H3,(H,22,26)(H,23,27)/t16-/m1/s1. The number of aryl methyl sites for hydroxylation is 1. The van der Waals surface area contributed by atoms with Crippen LogP contribution in [0.1, 0.15) is 27.9 Å². The minimum Gasteiger partial charge on any atom is -0.338 e. The highest BCUT2D eigenvalue weighted by molar-refractivity contribution is 5.96. The summed E-state index contributed by atoms with van der Waals surface area (Å²) in [7, 11) is 0. The zero-order valence-electron chi connectivity index (χ0n) is 14.9. The van der Waals surface area contributed by atoms with Gasteiger partial charge in [-0.2, -0.15) is 0 Å². The largest absolute Gasteiger partial charge is 0.338 e. The first kappa shape index (κ1) is 18.6. The number of likely N-dealkylation sites (tertiary alicyclic amines) is 1. The summed E-state index contributed by atoms with van der Waals surface area (Å²) in [6, 6.07) is 12.8. The van der Waals surface area contributed by atoms with Crippen LogP contribution >= 0.6 is 0 Å². The summed E-state index contributed by atoms with van der Waals surface area (Å²) >= 11 is 0. The van der Waals surface area contributed by atoms with E-state index in [0.29, 0.717) is 13.1 Å². The van der Waals surface area contributed by atoms with Gasteiger partial charge >= 0.3 is 0 Å². The first-order valence-corrected chi connectivity index (χ1v) is 8.61. The van der Waals surface area contributed by atoms with Crippen molar-refractivity contribution in [2.24, 2.45) is 5.92 Å². The van der Waals surface area contributed by atoms with Gasteiger partial charge in [0.05, 0.1) is 5.92 Å². The van der Waals surface area contributed by atoms with Gasteiger partial charge in [-0.05, 0) is 36.8 Å². The molecule has 140 valence electrons. The molecule has 0 radical (unpaired) electrons. The Morgan fingerprint density at radius 2 is 1.74 bits per heavy atom. The van der Waals surface area contributed by atoms with Gasteiger partial charge in [0.15, 0.2) is 0 Å². The van der Waals surface area contributed by atoms with Crippen LogP contribution in [0.15, 0.2) is 48.5 Å². The third kappa shape index (κ3) is 4.69. The van der Waals surface area contributed by atoms with Crippen LogP contribution in [0.25, 0.3) is 0 Å². The smallest absolute Gasteiger partial charge is 0.269 e. The molecule has 27 heavy (non-hydrogen) atoms. The van der Waals surface area contributed by atoms with Gasteiger partial charge in [-0.1, -0.05) is 29.8 Å². The molecule has 0 aromatic heterocycles. The molecular formula is C20H20FN3O3. The van der Waals surface area contributed by atoms with Gasteiger partial charge in [0, 0.05) is 25.1 Å². The summed E-state index contributed by atoms with van der Waals surface area (Å²) in [5.74, 6) is -2.06. The van der Waals surface area contributed by atoms with Gasteiger partial charge in [-0.25, -0.2) is 4.39 Å². The second-order valence-electron chi connectivity index (χ2n) is 6.61. The van der Waals surface area contributed by atoms with Crippen molar-refractivity contribution in [3.63, 3.8) is 0 Å². The van der Waals surface area contributed by atoms with Crippen LogP contribution in [0.2, 0.25) is 0 Å². The molecule has 1 saturated heterocycles. The topological polar surface area (TPSA) is 78.5 Å². The zero-order chi connectivity index (χ0) is 19.4. The van der Waals surface area contributed by atoms with Crippen molar-refractivity contribution in [1.29, 1.82) is 0 Å². The lowest BCUT2D eigenvalue weighted by Crippen LogP contribution is -2.45. The Morgan fingerprint density at radius 1 is 1.07 bits per heavy atom. The molecule has 3 rings (SSSR count). The summed E-state index contributed by atoms with van der Waals surface area (Å²) < 4.78 is 12.9. The highest BCUT2D eigenvalue weighted by Gasteiger charge is 2.34. The van der Waals surface area contributed by atoms with Crippen LogP contribution in [0.3, 0.4) is 0 Å². The Kier molecular flexibility index (Phi) is 5.49. The molecule has 1 aliphatic heterocycles. The van der Waals surface area contributed by atoms with E-state index in [4.69, 9.17) is 0 Å². The summed E-state index contributed by atoms with van der Waals surface area (Å²) in [5, 5.41) is 0. The van der Waals surface area contributed by atoms with Gasteiger partial charge in [0.1, 0.15) is 5.82 Å². The van der Waals surface area contributed by atoms with Crippen molar-refractivity contribution in [3.8, 4) is 0 Å². The number of halogens is 1. The van der Waals surface area contributed by atoms with Gasteiger partial charge in [0.25, 0.3) is 5.91 Å². The van der Waals surface area contributed by atoms with E-state index >= 15 is 0 Å². The zero-order valence-corrected chi connectivity index (χ0v) is 14.9. The van der Waals surface area contributed by atoms with Gasteiger partial charge < -0.3 is 4.90 Å². The lowest BCUT2D eigenvalue weighted by molar-refractivity contribution is -0.129. The van der Waals surface area contributed by atoms with Crippen molar-refractivity contribution in [2.75, 3.05) is 6.54 Å². The van der Waals surface area contributed by atoms with E-state index in [9.17, 15) is 18.8 Å². The lowest BCUT2D eigenvalue weighted by Gasteiger charge is -2.17. The van der Waals surface area contributed by atoms with E-state index in [1.54, 1.807) is 4.90 Å². The second kappa shape index (κ2) is 7.99. The first-order valence-electron chi connectivity index (χ1n) is 8.61. The third-order valence-corrected chi connectivity index (χ3v) is 4.48. The van der Waals surface area contributed by atoms with Crippen LogP contribution in [0.4, 0.5) is 4.39 Å². The molecule has 6 nitrogen and oxygen atoms in total. The number of hydrogen-bond acceptors (Lipinski definition) is 3. The summed E-state index contributed by atoms with van der Waals surface area (Å²) in [5.41, 5.74) is 6.99. The normalized spacial score (nSPS) is 16.3. The summed E-state index contributed by atoms with van der Waals surface area (Å²) in [4.78, 5) is 38.0. The predicted molar refractivity (Wildman–Crippen MR) is 96.7 cm³/mol. The Balaban J connectivity index is 1.51. The molecule has 1 atom stereocenters. The average Bonchev–Trinajstić information content (AvgIpc) is 3.02. The van der Waals surface area contributed by atoms with Crippen molar-refractivity contribution in [2.45, 2.75) is 19.9 Å². The minimum absolute atomic E-state index is 0.0967. The monoisotopic (exact) mass is 369 g/mol. The Labute approximate surface area is 156 Å². The van der Waals surface area contributed by atoms with E-state index in [0.717, 1.165) is 23.3 Å². The minimum atomic E-state index is -0.552. The number of rotatable bonds is 4. The fraction of sp³-hybridized carbons (Fsp3) is 0.250. The highest BCUT2D eigenvalue weighted by Crippen LogP contribution is 2.20. The number of nitrogens with one attached hydrogen (secondary N) is 2. The Morgan fingerprint density at radius 3 is 2.41 bits per heavy atom. The fourth-order valence-electron chi connectivity index (χ4n) is 2.91. The van der Waals surface area contributed by atoms with Gasteiger partial charge in [0.2, 0.25) is 11.8 Å². The molecule has 0 unspecified atom stereocenters. The molecule has 0 bridgehead atoms. The van der Waals surface area contributed by atoms with E-state index in [1.807, 2.05) is 31.2 Å². The van der Waals surface area contributed by atoms with Gasteiger partial charge in [-0.15, -0.1) is 0 Å². The van der Waals surface area contributed by atoms with Crippen LogP contribution in [-0.2, 0) is 16.1 Å². The number of carbonyl (C=O) groups is 3. The van der Waals surface area contributed by atoms with Crippen molar-refractivity contribution in [3.05, 3.63) is 71.0 Å². The molecule has 1 fully saturated rings. The molecule has 0 spiro atoms. The van der Waals surface area contributed by atoms with Crippen LogP contribution < -0.4 is 10.9 Å². The molecule has 3 amide bonds. The summed E-state index contributed by atoms with van der Waals surface area (Å²) in [6.45, 7) is 2.74. The fourth-order valence-corrected chi connectivity index (χ4v) is 2.91. The lowest BCUT2D eigenvalue weighted by atomic mass is 10.1. The van der Waals surface area contributed by atoms with Crippen molar-refractivity contribution in [1.82, 2.24) is 15.8 Å². The number of amides is 3. The predicted octanol–water partition coefficient (Wildman–Crippen LogP) is 1.94. The van der Waals surface area contributed by atoms with Crippen LogP contribution in [-0.4, -0.2) is 29.2 Å². The Bertz CT molecular complexity index is 850. The van der Waals surface area contributed by atoms with E-state index in [-0.39, 0.29) is 17.9 Å². The average molecular weight is 369 g/mol. The Hall–Kier alpha value is -3.22. The molecule has 7 heteroatoms. The molecule has 0 aliphatic carbocycles. The third-order valence-electron chi connectivity index (χ3n) is 4.48.